The van der Waals surface area contributed by atoms with E-state index in [1.54, 1.807) is 24.3 Å². The Kier molecular flexibility index (Phi) is 7.87. The lowest BCUT2D eigenvalue weighted by Crippen LogP contribution is -2.52. The first-order valence-electron chi connectivity index (χ1n) is 12.3. The zero-order chi connectivity index (χ0) is 25.7. The number of unbranched alkanes of at least 4 members (excludes halogenated alkanes) is 3. The molecule has 0 saturated carbocycles. The van der Waals surface area contributed by atoms with Gasteiger partial charge in [0.1, 0.15) is 17.5 Å². The van der Waals surface area contributed by atoms with Crippen molar-refractivity contribution in [1.82, 2.24) is 15.5 Å². The van der Waals surface area contributed by atoms with Gasteiger partial charge < -0.3 is 20.1 Å². The molecule has 1 fully saturated rings. The molecule has 9 nitrogen and oxygen atoms in total. The molecule has 2 heterocycles. The van der Waals surface area contributed by atoms with E-state index in [4.69, 9.17) is 4.74 Å². The smallest absolute Gasteiger partial charge is 0.255 e. The molecule has 3 N–H and O–H groups in total. The van der Waals surface area contributed by atoms with E-state index in [-0.39, 0.29) is 29.9 Å². The van der Waals surface area contributed by atoms with E-state index in [0.717, 1.165) is 36.8 Å². The summed E-state index contributed by atoms with van der Waals surface area (Å²) >= 11 is 0. The molecule has 2 aliphatic heterocycles. The van der Waals surface area contributed by atoms with Crippen molar-refractivity contribution in [2.75, 3.05) is 13.2 Å². The van der Waals surface area contributed by atoms with Crippen LogP contribution in [0.25, 0.3) is 0 Å². The summed E-state index contributed by atoms with van der Waals surface area (Å²) < 4.78 is 5.86. The summed E-state index contributed by atoms with van der Waals surface area (Å²) in [5.74, 6) is -0.342. The number of piperidine rings is 1. The standard InChI is InChI=1S/C27H31N3O6/c1-17-12-18(14-20(31)13-17)25(33)28-10-4-2-3-5-11-36-21-6-7-22-19(15-21)16-30(27(22)35)23-8-9-24(32)29-26(23)34/h6-7,12-15,23,31H,2-5,8-11,16H2,1H3,(H,28,33)(H,29,32,34). The van der Waals surface area contributed by atoms with Crippen LogP contribution in [0.3, 0.4) is 0 Å². The number of phenols is 1. The fourth-order valence-electron chi connectivity index (χ4n) is 4.61. The lowest BCUT2D eigenvalue weighted by Gasteiger charge is -2.29. The number of fused-ring (bicyclic) bond motifs is 1. The van der Waals surface area contributed by atoms with Gasteiger partial charge in [0.2, 0.25) is 11.8 Å². The van der Waals surface area contributed by atoms with Gasteiger partial charge in [-0.25, -0.2) is 0 Å². The zero-order valence-corrected chi connectivity index (χ0v) is 20.3. The van der Waals surface area contributed by atoms with Crippen molar-refractivity contribution < 1.29 is 29.0 Å². The highest BCUT2D eigenvalue weighted by Gasteiger charge is 2.39. The van der Waals surface area contributed by atoms with Gasteiger partial charge in [0.05, 0.1) is 6.61 Å². The van der Waals surface area contributed by atoms with Crippen molar-refractivity contribution in [1.29, 1.82) is 0 Å². The Bertz CT molecular complexity index is 1160. The first-order valence-corrected chi connectivity index (χ1v) is 12.3. The maximum Gasteiger partial charge on any atom is 0.255 e. The molecule has 0 radical (unpaired) electrons. The molecule has 4 amide bonds. The predicted octanol–water partition coefficient (Wildman–Crippen LogP) is 2.83. The normalized spacial score (nSPS) is 17.1. The predicted molar refractivity (Wildman–Crippen MR) is 132 cm³/mol. The minimum absolute atomic E-state index is 0.0850. The Balaban J connectivity index is 1.14. The third-order valence-corrected chi connectivity index (χ3v) is 6.44. The number of nitrogens with one attached hydrogen (secondary N) is 2. The molecule has 2 aliphatic rings. The fraction of sp³-hybridized carbons (Fsp3) is 0.407. The van der Waals surface area contributed by atoms with Gasteiger partial charge in [-0.1, -0.05) is 12.8 Å². The molecule has 36 heavy (non-hydrogen) atoms. The van der Waals surface area contributed by atoms with Gasteiger partial charge in [-0.15, -0.1) is 0 Å². The number of hydrogen-bond donors (Lipinski definition) is 3. The Morgan fingerprint density at radius 1 is 1.11 bits per heavy atom. The number of nitrogens with zero attached hydrogens (tertiary/aromatic N) is 1. The van der Waals surface area contributed by atoms with Gasteiger partial charge >= 0.3 is 0 Å². The molecule has 1 unspecified atom stereocenters. The molecule has 1 atom stereocenters. The van der Waals surface area contributed by atoms with Crippen molar-refractivity contribution in [2.45, 2.75) is 58.0 Å². The number of rotatable bonds is 10. The van der Waals surface area contributed by atoms with Crippen LogP contribution in [0.1, 0.15) is 70.4 Å². The Hall–Kier alpha value is -3.88. The number of phenolic OH excluding ortho intramolecular Hbond substituents is 1. The van der Waals surface area contributed by atoms with Crippen molar-refractivity contribution in [3.05, 3.63) is 58.7 Å². The Morgan fingerprint density at radius 3 is 2.69 bits per heavy atom. The van der Waals surface area contributed by atoms with Crippen LogP contribution in [0.4, 0.5) is 0 Å². The number of ether oxygens (including phenoxy) is 1. The summed E-state index contributed by atoms with van der Waals surface area (Å²) in [6, 6.07) is 9.53. The highest BCUT2D eigenvalue weighted by Crippen LogP contribution is 2.30. The molecule has 0 aromatic heterocycles. The number of benzene rings is 2. The topological polar surface area (TPSA) is 125 Å². The molecular weight excluding hydrogens is 462 g/mol. The lowest BCUT2D eigenvalue weighted by molar-refractivity contribution is -0.136. The van der Waals surface area contributed by atoms with E-state index in [1.807, 2.05) is 13.0 Å². The first kappa shape index (κ1) is 25.2. The van der Waals surface area contributed by atoms with Crippen molar-refractivity contribution >= 4 is 23.6 Å². The van der Waals surface area contributed by atoms with E-state index < -0.39 is 11.9 Å². The number of aromatic hydroxyl groups is 1. The summed E-state index contributed by atoms with van der Waals surface area (Å²) in [6.45, 7) is 3.26. The summed E-state index contributed by atoms with van der Waals surface area (Å²) in [5, 5.41) is 14.8. The van der Waals surface area contributed by atoms with Crippen molar-refractivity contribution in [3.8, 4) is 11.5 Å². The van der Waals surface area contributed by atoms with E-state index >= 15 is 0 Å². The average Bonchev–Trinajstić information content (AvgIpc) is 3.15. The third kappa shape index (κ3) is 6.02. The number of amides is 4. The fourth-order valence-corrected chi connectivity index (χ4v) is 4.61. The van der Waals surface area contributed by atoms with Crippen LogP contribution in [0.15, 0.2) is 36.4 Å². The third-order valence-electron chi connectivity index (χ3n) is 6.44. The van der Waals surface area contributed by atoms with Crippen LogP contribution >= 0.6 is 0 Å². The van der Waals surface area contributed by atoms with Crippen LogP contribution in [0.2, 0.25) is 0 Å². The van der Waals surface area contributed by atoms with Crippen LogP contribution in [0, 0.1) is 6.92 Å². The molecule has 0 bridgehead atoms. The molecule has 2 aromatic carbocycles. The molecule has 9 heteroatoms. The highest BCUT2D eigenvalue weighted by molar-refractivity contribution is 6.05. The van der Waals surface area contributed by atoms with Gasteiger partial charge in [0, 0.05) is 30.6 Å². The van der Waals surface area contributed by atoms with Gasteiger partial charge in [0.25, 0.3) is 11.8 Å². The van der Waals surface area contributed by atoms with Crippen LogP contribution in [-0.4, -0.2) is 52.8 Å². The second-order valence-electron chi connectivity index (χ2n) is 9.29. The number of carbonyl (C=O) groups is 4. The summed E-state index contributed by atoms with van der Waals surface area (Å²) in [6.07, 6.45) is 4.18. The quantitative estimate of drug-likeness (QED) is 0.345. The molecule has 2 aromatic rings. The number of imide groups is 1. The molecule has 0 spiro atoms. The minimum Gasteiger partial charge on any atom is -0.508 e. The van der Waals surface area contributed by atoms with Crippen molar-refractivity contribution in [2.24, 2.45) is 0 Å². The van der Waals surface area contributed by atoms with Crippen molar-refractivity contribution in [3.63, 3.8) is 0 Å². The van der Waals surface area contributed by atoms with Gasteiger partial charge in [0.15, 0.2) is 0 Å². The summed E-state index contributed by atoms with van der Waals surface area (Å²) in [5.41, 5.74) is 2.67. The number of carbonyl (C=O) groups excluding carboxylic acids is 4. The average molecular weight is 494 g/mol. The monoisotopic (exact) mass is 493 g/mol. The molecule has 190 valence electrons. The van der Waals surface area contributed by atoms with Gasteiger partial charge in [-0.3, -0.25) is 24.5 Å². The second kappa shape index (κ2) is 11.2. The van der Waals surface area contributed by atoms with E-state index in [0.29, 0.717) is 43.0 Å². The van der Waals surface area contributed by atoms with Crippen LogP contribution < -0.4 is 15.4 Å². The minimum atomic E-state index is -0.624. The summed E-state index contributed by atoms with van der Waals surface area (Å²) in [7, 11) is 0. The second-order valence-corrected chi connectivity index (χ2v) is 9.29. The van der Waals surface area contributed by atoms with E-state index in [2.05, 4.69) is 10.6 Å². The molecule has 1 saturated heterocycles. The van der Waals surface area contributed by atoms with E-state index in [1.165, 1.54) is 11.0 Å². The maximum atomic E-state index is 12.8. The lowest BCUT2D eigenvalue weighted by atomic mass is 10.0. The molecule has 4 rings (SSSR count). The zero-order valence-electron chi connectivity index (χ0n) is 20.3. The summed E-state index contributed by atoms with van der Waals surface area (Å²) in [4.78, 5) is 50.0. The number of hydrogen-bond acceptors (Lipinski definition) is 6. The van der Waals surface area contributed by atoms with Gasteiger partial charge in [-0.2, -0.15) is 0 Å². The first-order chi connectivity index (χ1) is 17.3. The van der Waals surface area contributed by atoms with Gasteiger partial charge in [-0.05, 0) is 73.7 Å². The SMILES string of the molecule is Cc1cc(O)cc(C(=O)NCCCCCCOc2ccc3c(c2)CN(C2CCC(=O)NC2=O)C3=O)c1. The molecular formula is C27H31N3O6. The van der Waals surface area contributed by atoms with E-state index in [9.17, 15) is 24.3 Å². The van der Waals surface area contributed by atoms with Crippen LogP contribution in [0.5, 0.6) is 11.5 Å². The largest absolute Gasteiger partial charge is 0.508 e. The maximum absolute atomic E-state index is 12.8. The Labute approximate surface area is 209 Å². The Morgan fingerprint density at radius 2 is 1.92 bits per heavy atom. The highest BCUT2D eigenvalue weighted by atomic mass is 16.5. The van der Waals surface area contributed by atoms with Crippen LogP contribution in [-0.2, 0) is 16.1 Å². The molecule has 0 aliphatic carbocycles. The number of aryl methyl sites for hydroxylation is 1.